The number of nitrogens with zero attached hydrogens (tertiary/aromatic N) is 3. The third-order valence-corrected chi connectivity index (χ3v) is 14.8. The number of aromatic nitrogens is 3. The Hall–Kier alpha value is -8.79. The summed E-state index contributed by atoms with van der Waals surface area (Å²) in [6, 6.07) is 90.9. The molecule has 0 fully saturated rings. The highest BCUT2D eigenvalue weighted by molar-refractivity contribution is 5.94. The van der Waals surface area contributed by atoms with Crippen molar-refractivity contribution in [3.63, 3.8) is 0 Å². The van der Waals surface area contributed by atoms with E-state index in [9.17, 15) is 0 Å². The van der Waals surface area contributed by atoms with Gasteiger partial charge in [0.15, 0.2) is 17.5 Å². The van der Waals surface area contributed by atoms with Gasteiger partial charge in [0.2, 0.25) is 0 Å². The second kappa shape index (κ2) is 14.9. The molecule has 0 N–H and O–H groups in total. The van der Waals surface area contributed by atoms with Crippen molar-refractivity contribution in [1.29, 1.82) is 0 Å². The van der Waals surface area contributed by atoms with Crippen molar-refractivity contribution in [3.05, 3.63) is 293 Å². The molecule has 1 heterocycles. The SMILES string of the molecule is c1ccc(-c2cccc(-c3nc(-c4ccccc4)nc(-c4cccc(-c5ccc6c(c5)C5(c7ccccc7-c7ccccc75)c5ccccc5C65c6ccccc6-c6ccccc65)c4)n3)c2)cc1. The molecule has 0 amide bonds. The van der Waals surface area contributed by atoms with Gasteiger partial charge in [0.1, 0.15) is 0 Å². The van der Waals surface area contributed by atoms with E-state index in [0.29, 0.717) is 17.5 Å². The normalized spacial score (nSPS) is 13.8. The summed E-state index contributed by atoms with van der Waals surface area (Å²) in [6.07, 6.45) is 0. The van der Waals surface area contributed by atoms with Crippen molar-refractivity contribution >= 4 is 0 Å². The zero-order chi connectivity index (χ0) is 44.8. The molecule has 3 nitrogen and oxygen atoms in total. The highest BCUT2D eigenvalue weighted by Gasteiger charge is 2.58. The molecular weight excluding hydrogens is 823 g/mol. The van der Waals surface area contributed by atoms with Gasteiger partial charge in [0, 0.05) is 16.7 Å². The van der Waals surface area contributed by atoms with Gasteiger partial charge in [-0.1, -0.05) is 231 Å². The predicted octanol–water partition coefficient (Wildman–Crippen LogP) is 15.2. The maximum atomic E-state index is 5.24. The number of hydrogen-bond donors (Lipinski definition) is 0. The lowest BCUT2D eigenvalue weighted by atomic mass is 9.52. The van der Waals surface area contributed by atoms with Gasteiger partial charge in [0.25, 0.3) is 0 Å². The standard InChI is InChI=1S/C65H41N3/c1-3-19-42(20-4-1)44-23-17-25-47(39-44)62-66-61(43-21-5-2-6-22-43)67-63(68-62)48-26-18-24-45(40-48)46-37-38-59-60(41-46)65(55-33-13-9-29-51(55)52-30-10-14-34-56(52)65)58-36-16-15-35-57(58)64(59)53-31-11-7-27-49(53)50-28-8-12-32-54(50)64/h1-41H. The first-order chi connectivity index (χ1) is 33.7. The second-order valence-electron chi connectivity index (χ2n) is 18.2. The van der Waals surface area contributed by atoms with E-state index in [1.165, 1.54) is 66.8 Å². The summed E-state index contributed by atoms with van der Waals surface area (Å²) in [5.41, 5.74) is 21.9. The molecule has 0 saturated heterocycles. The summed E-state index contributed by atoms with van der Waals surface area (Å²) >= 11 is 0. The van der Waals surface area contributed by atoms with Crippen LogP contribution in [0.1, 0.15) is 44.5 Å². The van der Waals surface area contributed by atoms with Gasteiger partial charge in [-0.15, -0.1) is 0 Å². The van der Waals surface area contributed by atoms with Crippen molar-refractivity contribution in [2.75, 3.05) is 0 Å². The summed E-state index contributed by atoms with van der Waals surface area (Å²) < 4.78 is 0. The fourth-order valence-corrected chi connectivity index (χ4v) is 12.1. The number of hydrogen-bond acceptors (Lipinski definition) is 3. The maximum absolute atomic E-state index is 5.24. The van der Waals surface area contributed by atoms with E-state index in [-0.39, 0.29) is 0 Å². The zero-order valence-electron chi connectivity index (χ0n) is 37.0. The Balaban J connectivity index is 1.00. The van der Waals surface area contributed by atoms with E-state index < -0.39 is 10.8 Å². The fraction of sp³-hybridized carbons (Fsp3) is 0.0308. The maximum Gasteiger partial charge on any atom is 0.164 e. The van der Waals surface area contributed by atoms with Crippen LogP contribution in [0.4, 0.5) is 0 Å². The van der Waals surface area contributed by atoms with Crippen LogP contribution in [0.15, 0.2) is 249 Å². The Labute approximate surface area is 395 Å². The van der Waals surface area contributed by atoms with Crippen molar-refractivity contribution in [1.82, 2.24) is 15.0 Å². The molecule has 14 rings (SSSR count). The van der Waals surface area contributed by atoms with E-state index >= 15 is 0 Å². The predicted molar refractivity (Wildman–Crippen MR) is 275 cm³/mol. The molecule has 10 aromatic carbocycles. The van der Waals surface area contributed by atoms with Crippen LogP contribution >= 0.6 is 0 Å². The lowest BCUT2D eigenvalue weighted by Gasteiger charge is -2.49. The molecule has 11 aromatic rings. The molecule has 0 atom stereocenters. The summed E-state index contributed by atoms with van der Waals surface area (Å²) in [7, 11) is 0. The Morgan fingerprint density at radius 3 is 0.971 bits per heavy atom. The summed E-state index contributed by atoms with van der Waals surface area (Å²) in [5, 5.41) is 0. The van der Waals surface area contributed by atoms with Gasteiger partial charge in [-0.3, -0.25) is 0 Å². The first-order valence-corrected chi connectivity index (χ1v) is 23.4. The molecule has 316 valence electrons. The topological polar surface area (TPSA) is 38.7 Å². The summed E-state index contributed by atoms with van der Waals surface area (Å²) in [5.74, 6) is 1.89. The van der Waals surface area contributed by atoms with E-state index in [1.807, 2.05) is 24.3 Å². The van der Waals surface area contributed by atoms with Crippen molar-refractivity contribution in [2.24, 2.45) is 0 Å². The van der Waals surface area contributed by atoms with Crippen molar-refractivity contribution in [2.45, 2.75) is 10.8 Å². The Morgan fingerprint density at radius 2 is 0.500 bits per heavy atom. The smallest absolute Gasteiger partial charge is 0.164 e. The number of rotatable bonds is 5. The lowest BCUT2D eigenvalue weighted by molar-refractivity contribution is 0.633. The molecule has 1 aromatic heterocycles. The van der Waals surface area contributed by atoms with Crippen LogP contribution in [0.5, 0.6) is 0 Å². The van der Waals surface area contributed by atoms with Crippen LogP contribution in [0.2, 0.25) is 0 Å². The quantitative estimate of drug-likeness (QED) is 0.173. The van der Waals surface area contributed by atoms with Gasteiger partial charge in [-0.25, -0.2) is 15.0 Å². The molecule has 0 unspecified atom stereocenters. The molecule has 3 heteroatoms. The second-order valence-corrected chi connectivity index (χ2v) is 18.2. The molecule has 3 aliphatic carbocycles. The van der Waals surface area contributed by atoms with Crippen molar-refractivity contribution < 1.29 is 0 Å². The Kier molecular flexibility index (Phi) is 8.41. The van der Waals surface area contributed by atoms with E-state index in [4.69, 9.17) is 15.0 Å². The highest BCUT2D eigenvalue weighted by Crippen LogP contribution is 2.67. The van der Waals surface area contributed by atoms with Crippen molar-refractivity contribution in [3.8, 4) is 78.7 Å². The van der Waals surface area contributed by atoms with E-state index in [2.05, 4.69) is 224 Å². The van der Waals surface area contributed by atoms with Gasteiger partial charge >= 0.3 is 0 Å². The third kappa shape index (κ3) is 5.39. The van der Waals surface area contributed by atoms with E-state index in [1.54, 1.807) is 0 Å². The average molecular weight is 864 g/mol. The molecule has 0 aliphatic heterocycles. The molecular formula is C65H41N3. The number of fused-ring (bicyclic) bond motifs is 16. The van der Waals surface area contributed by atoms with Crippen LogP contribution < -0.4 is 0 Å². The van der Waals surface area contributed by atoms with Crippen LogP contribution in [0.25, 0.3) is 78.7 Å². The van der Waals surface area contributed by atoms with E-state index in [0.717, 1.165) is 38.9 Å². The van der Waals surface area contributed by atoms with Gasteiger partial charge in [-0.2, -0.15) is 0 Å². The Bertz CT molecular complexity index is 3720. The minimum Gasteiger partial charge on any atom is -0.208 e. The Morgan fingerprint density at radius 1 is 0.191 bits per heavy atom. The monoisotopic (exact) mass is 863 g/mol. The molecule has 0 bridgehead atoms. The van der Waals surface area contributed by atoms with Gasteiger partial charge in [-0.05, 0) is 107 Å². The average Bonchev–Trinajstić information content (AvgIpc) is 3.89. The minimum absolute atomic E-state index is 0.538. The van der Waals surface area contributed by atoms with Crippen LogP contribution in [0.3, 0.4) is 0 Å². The third-order valence-electron chi connectivity index (χ3n) is 14.8. The van der Waals surface area contributed by atoms with Crippen LogP contribution in [-0.2, 0) is 10.8 Å². The largest absolute Gasteiger partial charge is 0.208 e. The first-order valence-electron chi connectivity index (χ1n) is 23.4. The minimum atomic E-state index is -0.577. The lowest BCUT2D eigenvalue weighted by Crippen LogP contribution is -2.43. The first kappa shape index (κ1) is 38.5. The zero-order valence-corrected chi connectivity index (χ0v) is 37.0. The molecule has 2 spiro atoms. The summed E-state index contributed by atoms with van der Waals surface area (Å²) in [4.78, 5) is 15.5. The number of benzene rings is 10. The molecule has 3 aliphatic rings. The van der Waals surface area contributed by atoms with Gasteiger partial charge in [0.05, 0.1) is 10.8 Å². The molecule has 0 radical (unpaired) electrons. The molecule has 0 saturated carbocycles. The summed E-state index contributed by atoms with van der Waals surface area (Å²) in [6.45, 7) is 0. The highest BCUT2D eigenvalue weighted by atomic mass is 15.0. The molecule has 68 heavy (non-hydrogen) atoms. The van der Waals surface area contributed by atoms with Crippen LogP contribution in [-0.4, -0.2) is 15.0 Å². The fourth-order valence-electron chi connectivity index (χ4n) is 12.1. The van der Waals surface area contributed by atoms with Crippen LogP contribution in [0, 0.1) is 0 Å². The van der Waals surface area contributed by atoms with Gasteiger partial charge < -0.3 is 0 Å².